The summed E-state index contributed by atoms with van der Waals surface area (Å²) in [4.78, 5) is 26.1. The summed E-state index contributed by atoms with van der Waals surface area (Å²) >= 11 is 6.00. The van der Waals surface area contributed by atoms with E-state index in [2.05, 4.69) is 5.10 Å². The first kappa shape index (κ1) is 19.8. The van der Waals surface area contributed by atoms with Crippen LogP contribution in [-0.4, -0.2) is 60.4 Å². The largest absolute Gasteiger partial charge is 0.336 e. The lowest BCUT2D eigenvalue weighted by atomic mass is 10.1. The Morgan fingerprint density at radius 2 is 2.15 bits per heavy atom. The van der Waals surface area contributed by atoms with E-state index in [0.717, 1.165) is 5.01 Å². The molecular weight excluding hydrogens is 397 g/mol. The van der Waals surface area contributed by atoms with E-state index in [9.17, 15) is 22.4 Å². The Morgan fingerprint density at radius 3 is 2.78 bits per heavy atom. The molecule has 0 spiro atoms. The van der Waals surface area contributed by atoms with E-state index in [-0.39, 0.29) is 53.1 Å². The number of hydrazone groups is 1. The SMILES string of the molecule is CN(Cc1c(F)cccc1Cl)C(=O)C1=NN(C2CCS(=O)(=O)C2)C(=O)CC1. The molecule has 146 valence electrons. The van der Waals surface area contributed by atoms with Crippen LogP contribution in [0.2, 0.25) is 5.02 Å². The molecule has 0 aliphatic carbocycles. The highest BCUT2D eigenvalue weighted by molar-refractivity contribution is 7.91. The molecule has 2 aliphatic heterocycles. The van der Waals surface area contributed by atoms with Gasteiger partial charge in [0.1, 0.15) is 11.5 Å². The minimum absolute atomic E-state index is 0.00589. The molecule has 1 fully saturated rings. The van der Waals surface area contributed by atoms with Crippen LogP contribution in [0.25, 0.3) is 0 Å². The van der Waals surface area contributed by atoms with Crippen LogP contribution >= 0.6 is 11.6 Å². The van der Waals surface area contributed by atoms with Crippen molar-refractivity contribution in [3.8, 4) is 0 Å². The number of carbonyl (C=O) groups excluding carboxylic acids is 2. The zero-order chi connectivity index (χ0) is 19.8. The van der Waals surface area contributed by atoms with Crippen LogP contribution in [0.3, 0.4) is 0 Å². The number of sulfone groups is 1. The van der Waals surface area contributed by atoms with Gasteiger partial charge in [0.25, 0.3) is 5.91 Å². The van der Waals surface area contributed by atoms with Crippen molar-refractivity contribution in [2.75, 3.05) is 18.6 Å². The van der Waals surface area contributed by atoms with Crippen molar-refractivity contribution in [2.45, 2.75) is 31.8 Å². The van der Waals surface area contributed by atoms with Crippen molar-refractivity contribution in [3.63, 3.8) is 0 Å². The van der Waals surface area contributed by atoms with Crippen LogP contribution in [0, 0.1) is 5.82 Å². The maximum absolute atomic E-state index is 13.9. The average molecular weight is 416 g/mol. The molecule has 2 aliphatic rings. The molecule has 7 nitrogen and oxygen atoms in total. The van der Waals surface area contributed by atoms with E-state index in [1.54, 1.807) is 0 Å². The summed E-state index contributed by atoms with van der Waals surface area (Å²) < 4.78 is 37.3. The Morgan fingerprint density at radius 1 is 1.41 bits per heavy atom. The number of nitrogens with zero attached hydrogens (tertiary/aromatic N) is 3. The van der Waals surface area contributed by atoms with E-state index in [1.165, 1.54) is 30.1 Å². The van der Waals surface area contributed by atoms with Gasteiger partial charge in [-0.05, 0) is 18.6 Å². The van der Waals surface area contributed by atoms with Gasteiger partial charge in [0.15, 0.2) is 9.84 Å². The van der Waals surface area contributed by atoms with Crippen LogP contribution in [0.4, 0.5) is 4.39 Å². The molecule has 27 heavy (non-hydrogen) atoms. The summed E-state index contributed by atoms with van der Waals surface area (Å²) in [5.74, 6) is -1.40. The maximum atomic E-state index is 13.9. The second kappa shape index (κ2) is 7.55. The third-order valence-corrected chi connectivity index (χ3v) is 6.77. The molecule has 1 aromatic rings. The highest BCUT2D eigenvalue weighted by Crippen LogP contribution is 2.24. The van der Waals surface area contributed by atoms with Gasteiger partial charge >= 0.3 is 0 Å². The van der Waals surface area contributed by atoms with Gasteiger partial charge in [-0.2, -0.15) is 5.10 Å². The molecule has 0 saturated carbocycles. The Kier molecular flexibility index (Phi) is 5.53. The molecule has 1 unspecified atom stereocenters. The second-order valence-electron chi connectivity index (χ2n) is 6.70. The Bertz CT molecular complexity index is 899. The molecular formula is C17H19ClFN3O4S. The van der Waals surface area contributed by atoms with Gasteiger partial charge in [-0.3, -0.25) is 9.59 Å². The molecule has 0 N–H and O–H groups in total. The maximum Gasteiger partial charge on any atom is 0.270 e. The summed E-state index contributed by atoms with van der Waals surface area (Å²) in [5.41, 5.74) is 0.343. The zero-order valence-corrected chi connectivity index (χ0v) is 16.3. The first-order chi connectivity index (χ1) is 12.7. The van der Waals surface area contributed by atoms with E-state index < -0.39 is 27.6 Å². The van der Waals surface area contributed by atoms with Gasteiger partial charge in [0.2, 0.25) is 5.91 Å². The third-order valence-electron chi connectivity index (χ3n) is 4.66. The topological polar surface area (TPSA) is 87.1 Å². The number of hydrogen-bond donors (Lipinski definition) is 0. The van der Waals surface area contributed by atoms with E-state index in [1.807, 2.05) is 0 Å². The zero-order valence-electron chi connectivity index (χ0n) is 14.7. The first-order valence-electron chi connectivity index (χ1n) is 8.46. The number of carbonyl (C=O) groups is 2. The van der Waals surface area contributed by atoms with Crippen molar-refractivity contribution in [1.82, 2.24) is 9.91 Å². The normalized spacial score (nSPS) is 21.9. The molecule has 1 aromatic carbocycles. The van der Waals surface area contributed by atoms with Gasteiger partial charge in [0, 0.05) is 30.5 Å². The van der Waals surface area contributed by atoms with Gasteiger partial charge in [0.05, 0.1) is 24.1 Å². The lowest BCUT2D eigenvalue weighted by Gasteiger charge is -2.29. The highest BCUT2D eigenvalue weighted by Gasteiger charge is 2.37. The number of amides is 2. The number of benzene rings is 1. The number of halogens is 2. The van der Waals surface area contributed by atoms with Crippen LogP contribution in [0.1, 0.15) is 24.8 Å². The van der Waals surface area contributed by atoms with E-state index in [0.29, 0.717) is 6.42 Å². The van der Waals surface area contributed by atoms with Crippen LogP contribution in [0.5, 0.6) is 0 Å². The predicted molar refractivity (Wildman–Crippen MR) is 98.5 cm³/mol. The molecule has 2 heterocycles. The van der Waals surface area contributed by atoms with Crippen molar-refractivity contribution in [1.29, 1.82) is 0 Å². The third kappa shape index (κ3) is 4.30. The van der Waals surface area contributed by atoms with E-state index in [4.69, 9.17) is 11.6 Å². The highest BCUT2D eigenvalue weighted by atomic mass is 35.5. The van der Waals surface area contributed by atoms with Gasteiger partial charge in [-0.1, -0.05) is 17.7 Å². The second-order valence-corrected chi connectivity index (χ2v) is 9.34. The van der Waals surface area contributed by atoms with Gasteiger partial charge in [-0.15, -0.1) is 0 Å². The van der Waals surface area contributed by atoms with Crippen molar-refractivity contribution in [3.05, 3.63) is 34.6 Å². The number of rotatable bonds is 4. The van der Waals surface area contributed by atoms with Crippen molar-refractivity contribution < 1.29 is 22.4 Å². The lowest BCUT2D eigenvalue weighted by molar-refractivity contribution is -0.134. The van der Waals surface area contributed by atoms with Crippen molar-refractivity contribution >= 4 is 39.0 Å². The molecule has 1 atom stereocenters. The first-order valence-corrected chi connectivity index (χ1v) is 10.7. The van der Waals surface area contributed by atoms with Gasteiger partial charge in [-0.25, -0.2) is 17.8 Å². The summed E-state index contributed by atoms with van der Waals surface area (Å²) in [6, 6.07) is 3.74. The van der Waals surface area contributed by atoms with Crippen LogP contribution in [0.15, 0.2) is 23.3 Å². The molecule has 2 amide bonds. The number of hydrogen-bond acceptors (Lipinski definition) is 5. The fraction of sp³-hybridized carbons (Fsp3) is 0.471. The smallest absolute Gasteiger partial charge is 0.270 e. The molecule has 0 radical (unpaired) electrons. The van der Waals surface area contributed by atoms with Gasteiger partial charge < -0.3 is 4.90 Å². The minimum Gasteiger partial charge on any atom is -0.336 e. The van der Waals surface area contributed by atoms with Crippen LogP contribution in [-0.2, 0) is 26.0 Å². The van der Waals surface area contributed by atoms with Crippen molar-refractivity contribution in [2.24, 2.45) is 5.10 Å². The molecule has 10 heteroatoms. The summed E-state index contributed by atoms with van der Waals surface area (Å²) in [5, 5.41) is 5.48. The molecule has 0 aromatic heterocycles. The monoisotopic (exact) mass is 415 g/mol. The quantitative estimate of drug-likeness (QED) is 0.747. The van der Waals surface area contributed by atoms with E-state index >= 15 is 0 Å². The summed E-state index contributed by atoms with van der Waals surface area (Å²) in [6.45, 7) is -0.0465. The molecule has 0 bridgehead atoms. The molecule has 1 saturated heterocycles. The lowest BCUT2D eigenvalue weighted by Crippen LogP contribution is -2.44. The fourth-order valence-corrected chi connectivity index (χ4v) is 5.11. The van der Waals surface area contributed by atoms with Crippen LogP contribution < -0.4 is 0 Å². The minimum atomic E-state index is -3.19. The Labute approximate surface area is 161 Å². The fourth-order valence-electron chi connectivity index (χ4n) is 3.19. The average Bonchev–Trinajstić information content (AvgIpc) is 2.97. The Balaban J connectivity index is 1.77. The molecule has 3 rings (SSSR count). The summed E-state index contributed by atoms with van der Waals surface area (Å²) in [7, 11) is -1.69. The standard InChI is InChI=1S/C17H19ClFN3O4S/c1-21(9-12-13(18)3-2-4-14(12)19)17(24)15-5-6-16(23)22(20-15)11-7-8-27(25,26)10-11/h2-4,11H,5-10H2,1H3. The summed E-state index contributed by atoms with van der Waals surface area (Å²) in [6.07, 6.45) is 0.540. The Hall–Kier alpha value is -2.00. The predicted octanol–water partition coefficient (Wildman–Crippen LogP) is 1.60.